The largest absolute Gasteiger partial charge is 0.286 e. The molecule has 1 heterocycles. The number of allylic oxidation sites excluding steroid dienone is 1. The van der Waals surface area contributed by atoms with E-state index in [4.69, 9.17) is 0 Å². The van der Waals surface area contributed by atoms with Crippen molar-refractivity contribution in [3.8, 4) is 0 Å². The molecule has 4 heteroatoms. The van der Waals surface area contributed by atoms with Crippen molar-refractivity contribution in [1.82, 2.24) is 4.90 Å². The van der Waals surface area contributed by atoms with Crippen molar-refractivity contribution in [2.24, 2.45) is 4.99 Å². The highest BCUT2D eigenvalue weighted by Crippen LogP contribution is 2.14. The Morgan fingerprint density at radius 2 is 2.38 bits per heavy atom. The predicted molar refractivity (Wildman–Crippen MR) is 57.0 cm³/mol. The zero-order chi connectivity index (χ0) is 9.84. The van der Waals surface area contributed by atoms with E-state index in [1.807, 2.05) is 26.2 Å². The third kappa shape index (κ3) is 2.12. The smallest absolute Gasteiger partial charge is 0.255 e. The lowest BCUT2D eigenvalue weighted by molar-refractivity contribution is -0.122. The molecule has 0 bridgehead atoms. The number of aliphatic imine (C=N–C) groups is 1. The van der Waals surface area contributed by atoms with Crippen LogP contribution in [-0.4, -0.2) is 35.3 Å². The summed E-state index contributed by atoms with van der Waals surface area (Å²) >= 11 is 1.52. The molecule has 0 saturated heterocycles. The fourth-order valence-corrected chi connectivity index (χ4v) is 1.74. The number of hydrogen-bond acceptors (Lipinski definition) is 3. The first-order valence-corrected chi connectivity index (χ1v) is 5.46. The number of carbonyl (C=O) groups excluding carboxylic acids is 1. The molecule has 0 fully saturated rings. The molecular weight excluding hydrogens is 184 g/mol. The molecule has 0 N–H and O–H groups in total. The molecular formula is C9H14N2OS. The minimum atomic E-state index is 0.0769. The Kier molecular flexibility index (Phi) is 3.54. The Balaban J connectivity index is 2.74. The highest BCUT2D eigenvalue weighted by atomic mass is 32.2. The van der Waals surface area contributed by atoms with E-state index in [1.165, 1.54) is 11.8 Å². The molecule has 0 aliphatic carbocycles. The van der Waals surface area contributed by atoms with E-state index in [-0.39, 0.29) is 5.91 Å². The van der Waals surface area contributed by atoms with Gasteiger partial charge in [-0.2, -0.15) is 0 Å². The Bertz CT molecular complexity index is 271. The lowest BCUT2D eigenvalue weighted by atomic mass is 10.2. The van der Waals surface area contributed by atoms with Crippen molar-refractivity contribution >= 4 is 22.8 Å². The summed E-state index contributed by atoms with van der Waals surface area (Å²) in [5.74, 6) is 0.0769. The molecule has 1 aliphatic heterocycles. The van der Waals surface area contributed by atoms with Gasteiger partial charge in [0.15, 0.2) is 5.17 Å². The van der Waals surface area contributed by atoms with Gasteiger partial charge < -0.3 is 0 Å². The van der Waals surface area contributed by atoms with Crippen LogP contribution >= 0.6 is 11.8 Å². The van der Waals surface area contributed by atoms with E-state index in [2.05, 4.69) is 4.99 Å². The van der Waals surface area contributed by atoms with Crippen molar-refractivity contribution in [3.05, 3.63) is 11.6 Å². The molecule has 72 valence electrons. The molecule has 1 aliphatic rings. The van der Waals surface area contributed by atoms with E-state index in [0.717, 1.165) is 23.8 Å². The molecule has 0 aromatic heterocycles. The third-order valence-electron chi connectivity index (χ3n) is 2.00. The van der Waals surface area contributed by atoms with Crippen LogP contribution in [0.1, 0.15) is 13.8 Å². The summed E-state index contributed by atoms with van der Waals surface area (Å²) in [6.45, 7) is 5.16. The maximum atomic E-state index is 11.7. The maximum absolute atomic E-state index is 11.7. The zero-order valence-electron chi connectivity index (χ0n) is 8.20. The molecule has 0 spiro atoms. The fraction of sp³-hybridized carbons (Fsp3) is 0.556. The van der Waals surface area contributed by atoms with Crippen molar-refractivity contribution in [3.63, 3.8) is 0 Å². The Labute approximate surface area is 82.9 Å². The summed E-state index contributed by atoms with van der Waals surface area (Å²) in [5.41, 5.74) is 0.781. The van der Waals surface area contributed by atoms with Gasteiger partial charge in [-0.25, -0.2) is 0 Å². The number of rotatable bonds is 1. The van der Waals surface area contributed by atoms with Gasteiger partial charge in [-0.05, 0) is 20.1 Å². The van der Waals surface area contributed by atoms with E-state index < -0.39 is 0 Å². The SMILES string of the molecule is C/C=C(\C)C(=O)N1CCN=C1SC. The van der Waals surface area contributed by atoms with Gasteiger partial charge in [0.2, 0.25) is 0 Å². The van der Waals surface area contributed by atoms with Crippen LogP contribution in [0.4, 0.5) is 0 Å². The molecule has 0 saturated carbocycles. The van der Waals surface area contributed by atoms with Crippen LogP contribution < -0.4 is 0 Å². The lowest BCUT2D eigenvalue weighted by Crippen LogP contribution is -2.33. The van der Waals surface area contributed by atoms with Gasteiger partial charge in [-0.15, -0.1) is 0 Å². The number of thioether (sulfide) groups is 1. The Morgan fingerprint density at radius 3 is 2.92 bits per heavy atom. The fourth-order valence-electron chi connectivity index (χ4n) is 1.13. The van der Waals surface area contributed by atoms with Gasteiger partial charge in [-0.1, -0.05) is 17.8 Å². The standard InChI is InChI=1S/C9H14N2OS/c1-4-7(2)8(12)11-6-5-10-9(11)13-3/h4H,5-6H2,1-3H3/b7-4+. The predicted octanol–water partition coefficient (Wildman–Crippen LogP) is 1.51. The monoisotopic (exact) mass is 198 g/mol. The first-order chi connectivity index (χ1) is 6.20. The molecule has 0 aromatic carbocycles. The van der Waals surface area contributed by atoms with Crippen molar-refractivity contribution in [1.29, 1.82) is 0 Å². The van der Waals surface area contributed by atoms with Crippen molar-refractivity contribution in [2.45, 2.75) is 13.8 Å². The first-order valence-electron chi connectivity index (χ1n) is 4.24. The summed E-state index contributed by atoms with van der Waals surface area (Å²) in [4.78, 5) is 17.7. The second-order valence-electron chi connectivity index (χ2n) is 2.80. The van der Waals surface area contributed by atoms with Crippen LogP contribution in [0.25, 0.3) is 0 Å². The third-order valence-corrected chi connectivity index (χ3v) is 2.71. The molecule has 0 radical (unpaired) electrons. The van der Waals surface area contributed by atoms with E-state index >= 15 is 0 Å². The molecule has 13 heavy (non-hydrogen) atoms. The quantitative estimate of drug-likeness (QED) is 0.598. The summed E-state index contributed by atoms with van der Waals surface area (Å²) in [5, 5.41) is 0.839. The van der Waals surface area contributed by atoms with Crippen molar-refractivity contribution in [2.75, 3.05) is 19.3 Å². The minimum absolute atomic E-state index is 0.0769. The number of carbonyl (C=O) groups is 1. The van der Waals surface area contributed by atoms with E-state index in [0.29, 0.717) is 0 Å². The topological polar surface area (TPSA) is 32.7 Å². The molecule has 0 atom stereocenters. The van der Waals surface area contributed by atoms with Gasteiger partial charge in [0.05, 0.1) is 6.54 Å². The maximum Gasteiger partial charge on any atom is 0.255 e. The number of hydrogen-bond donors (Lipinski definition) is 0. The van der Waals surface area contributed by atoms with Crippen LogP contribution in [0.5, 0.6) is 0 Å². The van der Waals surface area contributed by atoms with Crippen LogP contribution in [0.15, 0.2) is 16.6 Å². The van der Waals surface area contributed by atoms with E-state index in [9.17, 15) is 4.79 Å². The molecule has 0 aromatic rings. The Morgan fingerprint density at radius 1 is 1.69 bits per heavy atom. The number of amidine groups is 1. The highest BCUT2D eigenvalue weighted by molar-refractivity contribution is 8.13. The van der Waals surface area contributed by atoms with Gasteiger partial charge in [-0.3, -0.25) is 14.7 Å². The second-order valence-corrected chi connectivity index (χ2v) is 3.57. The highest BCUT2D eigenvalue weighted by Gasteiger charge is 2.23. The second kappa shape index (κ2) is 4.46. The number of nitrogens with zero attached hydrogens (tertiary/aromatic N) is 2. The van der Waals surface area contributed by atoms with Gasteiger partial charge in [0.1, 0.15) is 0 Å². The summed E-state index contributed by atoms with van der Waals surface area (Å²) in [7, 11) is 0. The van der Waals surface area contributed by atoms with Crippen molar-refractivity contribution < 1.29 is 4.79 Å². The summed E-state index contributed by atoms with van der Waals surface area (Å²) < 4.78 is 0. The van der Waals surface area contributed by atoms with Gasteiger partial charge >= 0.3 is 0 Å². The van der Waals surface area contributed by atoms with Crippen LogP contribution in [0.3, 0.4) is 0 Å². The first kappa shape index (κ1) is 10.3. The van der Waals surface area contributed by atoms with Crippen LogP contribution in [-0.2, 0) is 4.79 Å². The zero-order valence-corrected chi connectivity index (χ0v) is 9.02. The normalized spacial score (nSPS) is 17.6. The summed E-state index contributed by atoms with van der Waals surface area (Å²) in [6, 6.07) is 0. The molecule has 1 rings (SSSR count). The van der Waals surface area contributed by atoms with Crippen LogP contribution in [0.2, 0.25) is 0 Å². The minimum Gasteiger partial charge on any atom is -0.286 e. The Hall–Kier alpha value is -0.770. The summed E-state index contributed by atoms with van der Waals surface area (Å²) in [6.07, 6.45) is 3.77. The van der Waals surface area contributed by atoms with Gasteiger partial charge in [0, 0.05) is 12.1 Å². The number of amides is 1. The van der Waals surface area contributed by atoms with Crippen LogP contribution in [0, 0.1) is 0 Å². The molecule has 0 unspecified atom stereocenters. The average Bonchev–Trinajstić information content (AvgIpc) is 2.62. The van der Waals surface area contributed by atoms with E-state index in [1.54, 1.807) is 4.90 Å². The molecule has 3 nitrogen and oxygen atoms in total. The average molecular weight is 198 g/mol. The molecule has 1 amide bonds. The van der Waals surface area contributed by atoms with Gasteiger partial charge in [0.25, 0.3) is 5.91 Å². The lowest BCUT2D eigenvalue weighted by Gasteiger charge is -2.16.